The molecule has 1 aromatic carbocycles. The molecule has 1 fully saturated rings. The monoisotopic (exact) mass is 407 g/mol. The number of carbonyl (C=O) groups is 1. The van der Waals surface area contributed by atoms with Gasteiger partial charge in [0.05, 0.1) is 23.3 Å². The molecule has 1 aliphatic heterocycles. The first kappa shape index (κ1) is 20.3. The van der Waals surface area contributed by atoms with Crippen molar-refractivity contribution in [2.75, 3.05) is 18.4 Å². The zero-order valence-electron chi connectivity index (χ0n) is 16.2. The molecule has 0 aliphatic carbocycles. The predicted octanol–water partition coefficient (Wildman–Crippen LogP) is 4.32. The first-order chi connectivity index (χ1) is 12.7. The number of nitrogens with one attached hydrogen (secondary N) is 1. The van der Waals surface area contributed by atoms with Crippen LogP contribution in [0.3, 0.4) is 0 Å². The highest BCUT2D eigenvalue weighted by Gasteiger charge is 2.30. The molecule has 1 saturated heterocycles. The Hall–Kier alpha value is -1.47. The van der Waals surface area contributed by atoms with Crippen molar-refractivity contribution in [3.05, 3.63) is 45.9 Å². The van der Waals surface area contributed by atoms with Gasteiger partial charge in [-0.05, 0) is 45.4 Å². The fraction of sp³-hybridized carbons (Fsp3) is 0.500. The molecule has 7 heteroatoms. The van der Waals surface area contributed by atoms with Crippen LogP contribution in [0.1, 0.15) is 39.0 Å². The molecule has 2 heterocycles. The second-order valence-corrected chi connectivity index (χ2v) is 8.98. The SMILES string of the molecule is CC1CN(Cc2csc(NC(=O)C(C)(C)c3ccc(Cl)cc3)n2)CC(C)O1. The van der Waals surface area contributed by atoms with E-state index in [1.807, 2.05) is 31.4 Å². The number of aromatic nitrogens is 1. The Bertz CT molecular complexity index is 781. The van der Waals surface area contributed by atoms with Crippen LogP contribution < -0.4 is 5.32 Å². The van der Waals surface area contributed by atoms with Gasteiger partial charge in [-0.3, -0.25) is 9.69 Å². The molecule has 2 unspecified atom stereocenters. The second-order valence-electron chi connectivity index (χ2n) is 7.68. The van der Waals surface area contributed by atoms with Crippen molar-refractivity contribution in [2.45, 2.75) is 51.9 Å². The van der Waals surface area contributed by atoms with Crippen LogP contribution in [0.15, 0.2) is 29.6 Å². The number of morpholine rings is 1. The lowest BCUT2D eigenvalue weighted by Crippen LogP contribution is -2.44. The van der Waals surface area contributed by atoms with Crippen LogP contribution >= 0.6 is 22.9 Å². The number of rotatable bonds is 5. The van der Waals surface area contributed by atoms with Gasteiger partial charge in [-0.2, -0.15) is 0 Å². The fourth-order valence-corrected chi connectivity index (χ4v) is 4.15. The number of hydrogen-bond acceptors (Lipinski definition) is 5. The summed E-state index contributed by atoms with van der Waals surface area (Å²) in [5, 5.41) is 6.26. The molecule has 1 amide bonds. The van der Waals surface area contributed by atoms with Crippen molar-refractivity contribution in [1.82, 2.24) is 9.88 Å². The molecule has 1 N–H and O–H groups in total. The summed E-state index contributed by atoms with van der Waals surface area (Å²) in [6, 6.07) is 7.38. The lowest BCUT2D eigenvalue weighted by Gasteiger charge is -2.34. The van der Waals surface area contributed by atoms with Gasteiger partial charge in [0.1, 0.15) is 0 Å². The van der Waals surface area contributed by atoms with E-state index in [4.69, 9.17) is 16.3 Å². The third-order valence-corrected chi connectivity index (χ3v) is 5.85. The molecule has 5 nitrogen and oxygen atoms in total. The summed E-state index contributed by atoms with van der Waals surface area (Å²) >= 11 is 7.41. The quantitative estimate of drug-likeness (QED) is 0.801. The standard InChI is InChI=1S/C20H26ClN3O2S/c1-13-9-24(10-14(2)26-13)11-17-12-27-19(22-17)23-18(25)20(3,4)15-5-7-16(21)8-6-15/h5-8,12-14H,9-11H2,1-4H3,(H,22,23,25). The molecular weight excluding hydrogens is 382 g/mol. The Kier molecular flexibility index (Phi) is 6.21. The maximum Gasteiger partial charge on any atom is 0.236 e. The Morgan fingerprint density at radius 2 is 1.93 bits per heavy atom. The minimum absolute atomic E-state index is 0.0839. The molecule has 0 saturated carbocycles. The van der Waals surface area contributed by atoms with Gasteiger partial charge in [-0.25, -0.2) is 4.98 Å². The van der Waals surface area contributed by atoms with E-state index in [0.29, 0.717) is 10.2 Å². The highest BCUT2D eigenvalue weighted by atomic mass is 35.5. The van der Waals surface area contributed by atoms with Crippen molar-refractivity contribution in [1.29, 1.82) is 0 Å². The third-order valence-electron chi connectivity index (χ3n) is 4.79. The number of hydrogen-bond donors (Lipinski definition) is 1. The van der Waals surface area contributed by atoms with E-state index in [2.05, 4.69) is 29.0 Å². The second kappa shape index (κ2) is 8.27. The number of nitrogens with zero attached hydrogens (tertiary/aromatic N) is 2. The van der Waals surface area contributed by atoms with Gasteiger partial charge in [0.25, 0.3) is 0 Å². The maximum absolute atomic E-state index is 12.8. The molecule has 2 aromatic rings. The van der Waals surface area contributed by atoms with Crippen molar-refractivity contribution in [3.8, 4) is 0 Å². The smallest absolute Gasteiger partial charge is 0.236 e. The Morgan fingerprint density at radius 1 is 1.30 bits per heavy atom. The summed E-state index contributed by atoms with van der Waals surface area (Å²) in [5.41, 5.74) is 1.21. The summed E-state index contributed by atoms with van der Waals surface area (Å²) in [6.07, 6.45) is 0.457. The van der Waals surface area contributed by atoms with E-state index in [9.17, 15) is 4.79 Å². The topological polar surface area (TPSA) is 54.5 Å². The fourth-order valence-electron chi connectivity index (χ4n) is 3.33. The maximum atomic E-state index is 12.8. The van der Waals surface area contributed by atoms with Crippen LogP contribution in [0.5, 0.6) is 0 Å². The lowest BCUT2D eigenvalue weighted by molar-refractivity contribution is -0.120. The van der Waals surface area contributed by atoms with Gasteiger partial charge < -0.3 is 10.1 Å². The zero-order chi connectivity index (χ0) is 19.6. The van der Waals surface area contributed by atoms with Gasteiger partial charge in [0.15, 0.2) is 5.13 Å². The average Bonchev–Trinajstić information content (AvgIpc) is 3.01. The Labute approximate surface area is 169 Å². The molecule has 27 heavy (non-hydrogen) atoms. The summed E-state index contributed by atoms with van der Waals surface area (Å²) in [4.78, 5) is 19.7. The van der Waals surface area contributed by atoms with Crippen molar-refractivity contribution >= 4 is 34.0 Å². The Morgan fingerprint density at radius 3 is 2.56 bits per heavy atom. The zero-order valence-corrected chi connectivity index (χ0v) is 17.7. The van der Waals surface area contributed by atoms with E-state index >= 15 is 0 Å². The summed E-state index contributed by atoms with van der Waals surface area (Å²) in [6.45, 7) is 10.5. The molecule has 3 rings (SSSR count). The Balaban J connectivity index is 1.63. The largest absolute Gasteiger partial charge is 0.373 e. The van der Waals surface area contributed by atoms with E-state index in [0.717, 1.165) is 30.9 Å². The number of ether oxygens (including phenoxy) is 1. The van der Waals surface area contributed by atoms with Crippen LogP contribution in [0.4, 0.5) is 5.13 Å². The van der Waals surface area contributed by atoms with Crippen LogP contribution in [-0.4, -0.2) is 41.1 Å². The molecule has 0 bridgehead atoms. The number of benzene rings is 1. The molecule has 146 valence electrons. The van der Waals surface area contributed by atoms with Crippen LogP contribution in [-0.2, 0) is 21.5 Å². The highest BCUT2D eigenvalue weighted by Crippen LogP contribution is 2.27. The van der Waals surface area contributed by atoms with E-state index in [-0.39, 0.29) is 18.1 Å². The first-order valence-electron chi connectivity index (χ1n) is 9.14. The number of anilines is 1. The van der Waals surface area contributed by atoms with Crippen LogP contribution in [0, 0.1) is 0 Å². The first-order valence-corrected chi connectivity index (χ1v) is 10.4. The number of amides is 1. The van der Waals surface area contributed by atoms with Crippen molar-refractivity contribution in [2.24, 2.45) is 0 Å². The minimum Gasteiger partial charge on any atom is -0.373 e. The van der Waals surface area contributed by atoms with E-state index in [1.54, 1.807) is 12.1 Å². The predicted molar refractivity (Wildman–Crippen MR) is 111 cm³/mol. The van der Waals surface area contributed by atoms with Crippen molar-refractivity contribution < 1.29 is 9.53 Å². The highest BCUT2D eigenvalue weighted by molar-refractivity contribution is 7.13. The lowest BCUT2D eigenvalue weighted by atomic mass is 9.84. The molecule has 0 radical (unpaired) electrons. The van der Waals surface area contributed by atoms with Gasteiger partial charge in [0, 0.05) is 30.0 Å². The van der Waals surface area contributed by atoms with Crippen LogP contribution in [0.25, 0.3) is 0 Å². The summed E-state index contributed by atoms with van der Waals surface area (Å²) in [5.74, 6) is -0.0839. The molecule has 0 spiro atoms. The normalized spacial score (nSPS) is 21.2. The summed E-state index contributed by atoms with van der Waals surface area (Å²) in [7, 11) is 0. The molecule has 2 atom stereocenters. The molecule has 1 aromatic heterocycles. The van der Waals surface area contributed by atoms with Gasteiger partial charge >= 0.3 is 0 Å². The number of halogens is 1. The molecular formula is C20H26ClN3O2S. The van der Waals surface area contributed by atoms with E-state index < -0.39 is 5.41 Å². The van der Waals surface area contributed by atoms with E-state index in [1.165, 1.54) is 11.3 Å². The number of thiazole rings is 1. The summed E-state index contributed by atoms with van der Waals surface area (Å²) < 4.78 is 5.77. The molecule has 1 aliphatic rings. The van der Waals surface area contributed by atoms with Gasteiger partial charge in [-0.1, -0.05) is 23.7 Å². The average molecular weight is 408 g/mol. The van der Waals surface area contributed by atoms with Gasteiger partial charge in [-0.15, -0.1) is 11.3 Å². The minimum atomic E-state index is -0.675. The number of carbonyl (C=O) groups excluding carboxylic acids is 1. The van der Waals surface area contributed by atoms with Crippen LogP contribution in [0.2, 0.25) is 5.02 Å². The third kappa shape index (κ3) is 5.08. The van der Waals surface area contributed by atoms with Crippen molar-refractivity contribution in [3.63, 3.8) is 0 Å². The van der Waals surface area contributed by atoms with Gasteiger partial charge in [0.2, 0.25) is 5.91 Å².